The Kier molecular flexibility index (Phi) is 4.57. The van der Waals surface area contributed by atoms with E-state index in [-0.39, 0.29) is 5.69 Å². The van der Waals surface area contributed by atoms with Gasteiger partial charge in [-0.1, -0.05) is 18.2 Å². The van der Waals surface area contributed by atoms with Crippen LogP contribution in [0.1, 0.15) is 6.42 Å². The summed E-state index contributed by atoms with van der Waals surface area (Å²) in [7, 11) is 0. The first-order valence-electron chi connectivity index (χ1n) is 5.95. The molecule has 0 saturated carbocycles. The van der Waals surface area contributed by atoms with Crippen LogP contribution in [-0.2, 0) is 6.54 Å². The maximum Gasteiger partial charge on any atom is 0.328 e. The van der Waals surface area contributed by atoms with Gasteiger partial charge in [0.25, 0.3) is 5.56 Å². The van der Waals surface area contributed by atoms with Gasteiger partial charge in [-0.15, -0.1) is 0 Å². The molecule has 0 aliphatic carbocycles. The van der Waals surface area contributed by atoms with Crippen molar-refractivity contribution in [3.63, 3.8) is 0 Å². The number of benzene rings is 1. The first kappa shape index (κ1) is 13.6. The number of para-hydroxylation sites is 1. The summed E-state index contributed by atoms with van der Waals surface area (Å²) in [5.41, 5.74) is 0.272. The molecule has 0 spiro atoms. The average Bonchev–Trinajstić information content (AvgIpc) is 2.41. The molecular formula is C13H14BrN3O2. The number of aromatic amines is 1. The number of aromatic nitrogens is 2. The standard InChI is InChI=1S/C13H14BrN3O2/c14-11-9-17(13(19)16-12(11)18)8-4-7-15-10-5-2-1-3-6-10/h1-3,5-6,9,15H,4,7-8H2,(H,16,18,19). The summed E-state index contributed by atoms with van der Waals surface area (Å²) in [6.07, 6.45) is 2.30. The number of hydrogen-bond acceptors (Lipinski definition) is 3. The summed E-state index contributed by atoms with van der Waals surface area (Å²) in [6.45, 7) is 1.31. The van der Waals surface area contributed by atoms with Gasteiger partial charge in [0.15, 0.2) is 0 Å². The van der Waals surface area contributed by atoms with Gasteiger partial charge < -0.3 is 5.32 Å². The molecule has 0 aliphatic rings. The van der Waals surface area contributed by atoms with E-state index in [0.717, 1.165) is 18.7 Å². The number of aryl methyl sites for hydroxylation is 1. The van der Waals surface area contributed by atoms with Crippen LogP contribution < -0.4 is 16.6 Å². The highest BCUT2D eigenvalue weighted by molar-refractivity contribution is 9.10. The van der Waals surface area contributed by atoms with Crippen molar-refractivity contribution in [2.24, 2.45) is 0 Å². The topological polar surface area (TPSA) is 66.9 Å². The third-order valence-electron chi connectivity index (χ3n) is 2.65. The summed E-state index contributed by atoms with van der Waals surface area (Å²) >= 11 is 3.11. The minimum Gasteiger partial charge on any atom is -0.385 e. The van der Waals surface area contributed by atoms with E-state index in [1.165, 1.54) is 10.8 Å². The van der Waals surface area contributed by atoms with Gasteiger partial charge in [-0.05, 0) is 34.5 Å². The van der Waals surface area contributed by atoms with E-state index < -0.39 is 5.56 Å². The summed E-state index contributed by atoms with van der Waals surface area (Å²) < 4.78 is 1.85. The summed E-state index contributed by atoms with van der Waals surface area (Å²) in [6, 6.07) is 9.87. The first-order valence-corrected chi connectivity index (χ1v) is 6.74. The molecule has 0 saturated heterocycles. The Labute approximate surface area is 118 Å². The number of nitrogens with one attached hydrogen (secondary N) is 2. The second kappa shape index (κ2) is 6.38. The van der Waals surface area contributed by atoms with Crippen LogP contribution in [0.4, 0.5) is 5.69 Å². The second-order valence-electron chi connectivity index (χ2n) is 4.08. The van der Waals surface area contributed by atoms with Crippen LogP contribution in [0.3, 0.4) is 0 Å². The van der Waals surface area contributed by atoms with Gasteiger partial charge in [0.2, 0.25) is 0 Å². The Morgan fingerprint density at radius 3 is 2.68 bits per heavy atom. The van der Waals surface area contributed by atoms with E-state index in [2.05, 4.69) is 26.2 Å². The van der Waals surface area contributed by atoms with E-state index in [9.17, 15) is 9.59 Å². The molecule has 0 radical (unpaired) electrons. The number of rotatable bonds is 5. The van der Waals surface area contributed by atoms with Gasteiger partial charge in [0.05, 0.1) is 4.47 Å². The number of hydrogen-bond donors (Lipinski definition) is 2. The lowest BCUT2D eigenvalue weighted by atomic mass is 10.3. The van der Waals surface area contributed by atoms with Crippen molar-refractivity contribution in [3.05, 3.63) is 61.8 Å². The molecule has 0 aliphatic heterocycles. The lowest BCUT2D eigenvalue weighted by Gasteiger charge is -2.07. The van der Waals surface area contributed by atoms with E-state index in [0.29, 0.717) is 11.0 Å². The molecule has 0 amide bonds. The maximum absolute atomic E-state index is 11.5. The van der Waals surface area contributed by atoms with E-state index in [4.69, 9.17) is 0 Å². The summed E-state index contributed by atoms with van der Waals surface area (Å²) in [5, 5.41) is 3.26. The second-order valence-corrected chi connectivity index (χ2v) is 4.93. The monoisotopic (exact) mass is 323 g/mol. The molecule has 2 N–H and O–H groups in total. The molecule has 2 rings (SSSR count). The zero-order valence-corrected chi connectivity index (χ0v) is 11.8. The van der Waals surface area contributed by atoms with Crippen LogP contribution in [0.15, 0.2) is 50.6 Å². The molecule has 0 atom stereocenters. The van der Waals surface area contributed by atoms with Crippen LogP contribution in [-0.4, -0.2) is 16.1 Å². The van der Waals surface area contributed by atoms with Crippen LogP contribution in [0.25, 0.3) is 0 Å². The minimum absolute atomic E-state index is 0.364. The zero-order chi connectivity index (χ0) is 13.7. The SMILES string of the molecule is O=c1[nH]c(=O)n(CCCNc2ccccc2)cc1Br. The van der Waals surface area contributed by atoms with Crippen LogP contribution in [0.5, 0.6) is 0 Å². The molecule has 100 valence electrons. The Morgan fingerprint density at radius 1 is 1.21 bits per heavy atom. The molecule has 0 unspecified atom stereocenters. The molecule has 1 aromatic heterocycles. The van der Waals surface area contributed by atoms with Crippen molar-refractivity contribution in [1.29, 1.82) is 0 Å². The van der Waals surface area contributed by atoms with Gasteiger partial charge in [0, 0.05) is 25.0 Å². The van der Waals surface area contributed by atoms with Crippen molar-refractivity contribution in [2.75, 3.05) is 11.9 Å². The molecule has 1 aromatic carbocycles. The van der Waals surface area contributed by atoms with Gasteiger partial charge >= 0.3 is 5.69 Å². The van der Waals surface area contributed by atoms with Crippen molar-refractivity contribution < 1.29 is 0 Å². The van der Waals surface area contributed by atoms with E-state index in [1.807, 2.05) is 30.3 Å². The zero-order valence-electron chi connectivity index (χ0n) is 10.2. The van der Waals surface area contributed by atoms with Crippen molar-refractivity contribution in [3.8, 4) is 0 Å². The maximum atomic E-state index is 11.5. The molecular weight excluding hydrogens is 310 g/mol. The Balaban J connectivity index is 1.88. The largest absolute Gasteiger partial charge is 0.385 e. The third kappa shape index (κ3) is 3.82. The van der Waals surface area contributed by atoms with E-state index >= 15 is 0 Å². The average molecular weight is 324 g/mol. The molecule has 5 nitrogen and oxygen atoms in total. The van der Waals surface area contributed by atoms with Crippen molar-refractivity contribution in [1.82, 2.24) is 9.55 Å². The molecule has 0 fully saturated rings. The molecule has 6 heteroatoms. The van der Waals surface area contributed by atoms with Crippen LogP contribution in [0.2, 0.25) is 0 Å². The smallest absolute Gasteiger partial charge is 0.328 e. The summed E-state index contributed by atoms with van der Waals surface area (Å²) in [5.74, 6) is 0. The third-order valence-corrected chi connectivity index (χ3v) is 3.21. The summed E-state index contributed by atoms with van der Waals surface area (Å²) in [4.78, 5) is 25.0. The van der Waals surface area contributed by atoms with Gasteiger partial charge in [-0.2, -0.15) is 0 Å². The predicted octanol–water partition coefficient (Wildman–Crippen LogP) is 1.80. The lowest BCUT2D eigenvalue weighted by molar-refractivity contribution is 0.617. The van der Waals surface area contributed by atoms with Gasteiger partial charge in [0.1, 0.15) is 0 Å². The highest BCUT2D eigenvalue weighted by atomic mass is 79.9. The van der Waals surface area contributed by atoms with Crippen LogP contribution >= 0.6 is 15.9 Å². The predicted molar refractivity (Wildman–Crippen MR) is 78.6 cm³/mol. The molecule has 0 bridgehead atoms. The van der Waals surface area contributed by atoms with Gasteiger partial charge in [-0.3, -0.25) is 14.3 Å². The first-order chi connectivity index (χ1) is 9.16. The van der Waals surface area contributed by atoms with Crippen LogP contribution in [0, 0.1) is 0 Å². The quantitative estimate of drug-likeness (QED) is 0.824. The number of nitrogens with zero attached hydrogens (tertiary/aromatic N) is 1. The number of H-pyrrole nitrogens is 1. The molecule has 2 aromatic rings. The Morgan fingerprint density at radius 2 is 1.95 bits per heavy atom. The highest BCUT2D eigenvalue weighted by Crippen LogP contribution is 2.04. The fourth-order valence-corrected chi connectivity index (χ4v) is 2.03. The fraction of sp³-hybridized carbons (Fsp3) is 0.231. The fourth-order valence-electron chi connectivity index (χ4n) is 1.69. The number of halogens is 1. The number of anilines is 1. The Bertz CT molecular complexity index is 649. The highest BCUT2D eigenvalue weighted by Gasteiger charge is 2.01. The Hall–Kier alpha value is -1.82. The minimum atomic E-state index is -0.399. The molecule has 1 heterocycles. The van der Waals surface area contributed by atoms with Crippen molar-refractivity contribution in [2.45, 2.75) is 13.0 Å². The van der Waals surface area contributed by atoms with Gasteiger partial charge in [-0.25, -0.2) is 4.79 Å². The lowest BCUT2D eigenvalue weighted by Crippen LogP contribution is -2.30. The van der Waals surface area contributed by atoms with Crippen molar-refractivity contribution >= 4 is 21.6 Å². The molecule has 19 heavy (non-hydrogen) atoms. The normalized spacial score (nSPS) is 10.4. The van der Waals surface area contributed by atoms with E-state index in [1.54, 1.807) is 0 Å².